The van der Waals surface area contributed by atoms with Crippen LogP contribution in [0.15, 0.2) is 53.0 Å². The molecule has 0 saturated carbocycles. The average molecular weight is 305 g/mol. The lowest BCUT2D eigenvalue weighted by atomic mass is 10.1. The Labute approximate surface area is 113 Å². The third-order valence-electron chi connectivity index (χ3n) is 2.45. The Morgan fingerprint density at radius 3 is 2.61 bits per heavy atom. The zero-order chi connectivity index (χ0) is 13.0. The zero-order valence-corrected chi connectivity index (χ0v) is 11.0. The molecule has 2 nitrogen and oxygen atoms in total. The maximum absolute atomic E-state index is 13.1. The fourth-order valence-corrected chi connectivity index (χ4v) is 2.04. The number of hydrogen-bond acceptors (Lipinski definition) is 2. The van der Waals surface area contributed by atoms with E-state index in [0.717, 1.165) is 10.0 Å². The summed E-state index contributed by atoms with van der Waals surface area (Å²) in [5.74, 6) is -0.328. The Morgan fingerprint density at radius 1 is 1.17 bits per heavy atom. The van der Waals surface area contributed by atoms with Gasteiger partial charge in [0.1, 0.15) is 11.9 Å². The lowest BCUT2D eigenvalue weighted by Gasteiger charge is -2.13. The minimum Gasteiger partial charge on any atom is -0.366 e. The van der Waals surface area contributed by atoms with E-state index in [1.54, 1.807) is 12.1 Å². The van der Waals surface area contributed by atoms with Crippen LogP contribution in [0.5, 0.6) is 0 Å². The Balaban J connectivity index is 2.23. The number of rotatable bonds is 3. The Bertz CT molecular complexity index is 592. The molecule has 0 aliphatic heterocycles. The second kappa shape index (κ2) is 5.65. The van der Waals surface area contributed by atoms with Crippen molar-refractivity contribution >= 4 is 21.6 Å². The third kappa shape index (κ3) is 3.08. The van der Waals surface area contributed by atoms with Gasteiger partial charge in [0, 0.05) is 10.2 Å². The van der Waals surface area contributed by atoms with Gasteiger partial charge in [-0.05, 0) is 35.9 Å². The van der Waals surface area contributed by atoms with Crippen LogP contribution in [0.25, 0.3) is 0 Å². The number of nitriles is 1. The Kier molecular flexibility index (Phi) is 3.96. The molecule has 0 fully saturated rings. The molecule has 0 heterocycles. The molecule has 18 heavy (non-hydrogen) atoms. The molecule has 0 spiro atoms. The molecule has 1 unspecified atom stereocenters. The van der Waals surface area contributed by atoms with Crippen LogP contribution in [0.3, 0.4) is 0 Å². The molecule has 0 aromatic heterocycles. The number of nitrogens with one attached hydrogen (secondary N) is 1. The summed E-state index contributed by atoms with van der Waals surface area (Å²) in [4.78, 5) is 0. The molecule has 0 aliphatic carbocycles. The summed E-state index contributed by atoms with van der Waals surface area (Å²) in [7, 11) is 0. The van der Waals surface area contributed by atoms with Crippen LogP contribution in [-0.2, 0) is 0 Å². The van der Waals surface area contributed by atoms with Gasteiger partial charge < -0.3 is 5.32 Å². The first-order valence-corrected chi connectivity index (χ1v) is 6.15. The van der Waals surface area contributed by atoms with E-state index < -0.39 is 6.04 Å². The summed E-state index contributed by atoms with van der Waals surface area (Å²) in [5, 5.41) is 12.2. The molecule has 0 amide bonds. The predicted molar refractivity (Wildman–Crippen MR) is 72.5 cm³/mol. The largest absolute Gasteiger partial charge is 0.366 e. The quantitative estimate of drug-likeness (QED) is 0.919. The minimum absolute atomic E-state index is 0.328. The molecule has 1 atom stereocenters. The van der Waals surface area contributed by atoms with E-state index in [9.17, 15) is 9.65 Å². The number of nitrogens with zero attached hydrogens (tertiary/aromatic N) is 1. The van der Waals surface area contributed by atoms with Crippen molar-refractivity contribution in [1.29, 1.82) is 5.26 Å². The summed E-state index contributed by atoms with van der Waals surface area (Å²) >= 11 is 3.36. The van der Waals surface area contributed by atoms with Crippen molar-refractivity contribution < 1.29 is 4.39 Å². The fraction of sp³-hybridized carbons (Fsp3) is 0.0714. The molecule has 0 aliphatic rings. The van der Waals surface area contributed by atoms with E-state index in [2.05, 4.69) is 27.3 Å². The SMILES string of the molecule is N#CC(Nc1cccc(F)c1)c1cccc(Br)c1. The molecule has 2 aromatic rings. The molecule has 0 saturated heterocycles. The van der Waals surface area contributed by atoms with Crippen molar-refractivity contribution in [3.63, 3.8) is 0 Å². The molecular formula is C14H10BrFN2. The highest BCUT2D eigenvalue weighted by Crippen LogP contribution is 2.22. The summed E-state index contributed by atoms with van der Waals surface area (Å²) in [6, 6.07) is 15.2. The van der Waals surface area contributed by atoms with E-state index in [1.807, 2.05) is 24.3 Å². The molecule has 90 valence electrons. The molecule has 2 aromatic carbocycles. The van der Waals surface area contributed by atoms with Crippen LogP contribution >= 0.6 is 15.9 Å². The van der Waals surface area contributed by atoms with Crippen molar-refractivity contribution in [1.82, 2.24) is 0 Å². The lowest BCUT2D eigenvalue weighted by Crippen LogP contribution is -2.08. The topological polar surface area (TPSA) is 35.8 Å². The summed E-state index contributed by atoms with van der Waals surface area (Å²) in [5.41, 5.74) is 1.41. The van der Waals surface area contributed by atoms with Crippen LogP contribution in [0, 0.1) is 17.1 Å². The number of halogens is 2. The van der Waals surface area contributed by atoms with Gasteiger partial charge in [-0.1, -0.05) is 34.1 Å². The highest BCUT2D eigenvalue weighted by atomic mass is 79.9. The van der Waals surface area contributed by atoms with Crippen LogP contribution in [0.1, 0.15) is 11.6 Å². The standard InChI is InChI=1S/C14H10BrFN2/c15-11-4-1-3-10(7-11)14(9-17)18-13-6-2-5-12(16)8-13/h1-8,14,18H. The maximum atomic E-state index is 13.1. The van der Waals surface area contributed by atoms with Crippen molar-refractivity contribution in [2.45, 2.75) is 6.04 Å². The molecule has 1 N–H and O–H groups in total. The first-order chi connectivity index (χ1) is 8.69. The van der Waals surface area contributed by atoms with Crippen molar-refractivity contribution in [2.24, 2.45) is 0 Å². The van der Waals surface area contributed by atoms with Crippen LogP contribution < -0.4 is 5.32 Å². The predicted octanol–water partition coefficient (Wildman–Crippen LogP) is 4.26. The number of hydrogen-bond donors (Lipinski definition) is 1. The van der Waals surface area contributed by atoms with Gasteiger partial charge in [-0.3, -0.25) is 0 Å². The highest BCUT2D eigenvalue weighted by molar-refractivity contribution is 9.10. The van der Waals surface area contributed by atoms with E-state index in [1.165, 1.54) is 12.1 Å². The van der Waals surface area contributed by atoms with Crippen LogP contribution in [0.4, 0.5) is 10.1 Å². The summed E-state index contributed by atoms with van der Waals surface area (Å²) in [6.45, 7) is 0. The normalized spacial score (nSPS) is 11.6. The zero-order valence-electron chi connectivity index (χ0n) is 9.40. The van der Waals surface area contributed by atoms with Gasteiger partial charge in [-0.2, -0.15) is 5.26 Å². The van der Waals surface area contributed by atoms with E-state index in [-0.39, 0.29) is 5.82 Å². The van der Waals surface area contributed by atoms with Gasteiger partial charge in [0.15, 0.2) is 0 Å². The molecule has 4 heteroatoms. The summed E-state index contributed by atoms with van der Waals surface area (Å²) in [6.07, 6.45) is 0. The van der Waals surface area contributed by atoms with Crippen LogP contribution in [0.2, 0.25) is 0 Å². The van der Waals surface area contributed by atoms with E-state index in [0.29, 0.717) is 5.69 Å². The van der Waals surface area contributed by atoms with Crippen LogP contribution in [-0.4, -0.2) is 0 Å². The first-order valence-electron chi connectivity index (χ1n) is 5.36. The van der Waals surface area contributed by atoms with Gasteiger partial charge >= 0.3 is 0 Å². The van der Waals surface area contributed by atoms with Crippen molar-refractivity contribution in [2.75, 3.05) is 5.32 Å². The van der Waals surface area contributed by atoms with E-state index in [4.69, 9.17) is 0 Å². The molecule has 0 bridgehead atoms. The molecule has 0 radical (unpaired) electrons. The van der Waals surface area contributed by atoms with E-state index >= 15 is 0 Å². The number of benzene rings is 2. The second-order valence-electron chi connectivity index (χ2n) is 3.77. The first kappa shape index (κ1) is 12.6. The Hall–Kier alpha value is -1.86. The van der Waals surface area contributed by atoms with Gasteiger partial charge in [0.2, 0.25) is 0 Å². The number of anilines is 1. The monoisotopic (exact) mass is 304 g/mol. The maximum Gasteiger partial charge on any atom is 0.140 e. The van der Waals surface area contributed by atoms with Gasteiger partial charge in [-0.25, -0.2) is 4.39 Å². The second-order valence-corrected chi connectivity index (χ2v) is 4.69. The average Bonchev–Trinajstić information content (AvgIpc) is 2.36. The Morgan fingerprint density at radius 2 is 1.94 bits per heavy atom. The molecule has 2 rings (SSSR count). The molecular weight excluding hydrogens is 295 g/mol. The van der Waals surface area contributed by atoms with Gasteiger partial charge in [-0.15, -0.1) is 0 Å². The lowest BCUT2D eigenvalue weighted by molar-refractivity contribution is 0.628. The third-order valence-corrected chi connectivity index (χ3v) is 2.94. The smallest absolute Gasteiger partial charge is 0.140 e. The fourth-order valence-electron chi connectivity index (χ4n) is 1.62. The van der Waals surface area contributed by atoms with Gasteiger partial charge in [0.25, 0.3) is 0 Å². The van der Waals surface area contributed by atoms with Gasteiger partial charge in [0.05, 0.1) is 6.07 Å². The summed E-state index contributed by atoms with van der Waals surface area (Å²) < 4.78 is 14.0. The van der Waals surface area contributed by atoms with Crippen molar-refractivity contribution in [3.8, 4) is 6.07 Å². The van der Waals surface area contributed by atoms with Crippen molar-refractivity contribution in [3.05, 3.63) is 64.4 Å². The minimum atomic E-state index is -0.510. The highest BCUT2D eigenvalue weighted by Gasteiger charge is 2.10.